The quantitative estimate of drug-likeness (QED) is 0.581. The molecule has 1 aromatic heterocycles. The lowest BCUT2D eigenvalue weighted by atomic mass is 9.91. The molecule has 0 bridgehead atoms. The van der Waals surface area contributed by atoms with Crippen LogP contribution >= 0.6 is 0 Å². The number of carbonyl (C=O) groups excluding carboxylic acids is 3. The van der Waals surface area contributed by atoms with E-state index in [1.807, 2.05) is 47.4 Å². The number of furan rings is 1. The van der Waals surface area contributed by atoms with Crippen molar-refractivity contribution in [1.29, 1.82) is 0 Å². The summed E-state index contributed by atoms with van der Waals surface area (Å²) in [5.74, 6) is -0.00336. The van der Waals surface area contributed by atoms with E-state index < -0.39 is 6.04 Å². The average molecular weight is 472 g/mol. The molecule has 5 rings (SSSR count). The first-order valence-electron chi connectivity index (χ1n) is 11.9. The van der Waals surface area contributed by atoms with Gasteiger partial charge in [0.1, 0.15) is 11.6 Å². The van der Waals surface area contributed by atoms with Gasteiger partial charge >= 0.3 is 0 Å². The monoisotopic (exact) mass is 471 g/mol. The fourth-order valence-electron chi connectivity index (χ4n) is 5.06. The molecule has 0 N–H and O–H groups in total. The van der Waals surface area contributed by atoms with Gasteiger partial charge in [0.25, 0.3) is 5.91 Å². The van der Waals surface area contributed by atoms with Gasteiger partial charge in [-0.3, -0.25) is 14.4 Å². The molecule has 7 heteroatoms. The van der Waals surface area contributed by atoms with E-state index in [2.05, 4.69) is 6.08 Å². The number of benzene rings is 2. The summed E-state index contributed by atoms with van der Waals surface area (Å²) < 4.78 is 5.73. The Labute approximate surface area is 204 Å². The lowest BCUT2D eigenvalue weighted by Gasteiger charge is -2.39. The standard InChI is InChI=1S/C28H29N3O4/c1-18(32)31-14-12-19-7-4-5-9-23(19)26(31)28(34)30-13-6-8-21(17-30)20-10-11-24-22(15-20)16-25(35-24)27(33)29(2)3/h4-5,7-11,15-16,26H,6,12-14,17H2,1-3H3/t26-/m0/s1. The molecule has 0 fully saturated rings. The summed E-state index contributed by atoms with van der Waals surface area (Å²) in [6.07, 6.45) is 3.66. The summed E-state index contributed by atoms with van der Waals surface area (Å²) in [4.78, 5) is 43.5. The number of hydrogen-bond donors (Lipinski definition) is 0. The third kappa shape index (κ3) is 4.22. The molecule has 3 aromatic rings. The average Bonchev–Trinajstić information content (AvgIpc) is 3.30. The maximum Gasteiger partial charge on any atom is 0.289 e. The first kappa shape index (κ1) is 22.9. The third-order valence-electron chi connectivity index (χ3n) is 6.89. The molecule has 1 atom stereocenters. The second-order valence-electron chi connectivity index (χ2n) is 9.40. The predicted octanol–water partition coefficient (Wildman–Crippen LogP) is 3.90. The highest BCUT2D eigenvalue weighted by atomic mass is 16.3. The molecule has 35 heavy (non-hydrogen) atoms. The minimum absolute atomic E-state index is 0.0406. The highest BCUT2D eigenvalue weighted by Gasteiger charge is 2.37. The number of hydrogen-bond acceptors (Lipinski definition) is 4. The van der Waals surface area contributed by atoms with E-state index in [9.17, 15) is 14.4 Å². The number of amides is 3. The van der Waals surface area contributed by atoms with Crippen LogP contribution in [0.25, 0.3) is 16.5 Å². The Bertz CT molecular complexity index is 1350. The highest BCUT2D eigenvalue weighted by molar-refractivity contribution is 5.97. The molecule has 0 aliphatic carbocycles. The third-order valence-corrected chi connectivity index (χ3v) is 6.89. The van der Waals surface area contributed by atoms with E-state index in [0.29, 0.717) is 31.0 Å². The van der Waals surface area contributed by atoms with Gasteiger partial charge in [0.15, 0.2) is 5.76 Å². The second kappa shape index (κ2) is 9.06. The van der Waals surface area contributed by atoms with E-state index in [1.54, 1.807) is 25.1 Å². The molecule has 0 spiro atoms. The van der Waals surface area contributed by atoms with Crippen molar-refractivity contribution in [2.45, 2.75) is 25.8 Å². The minimum Gasteiger partial charge on any atom is -0.451 e. The Morgan fingerprint density at radius 3 is 2.60 bits per heavy atom. The van der Waals surface area contributed by atoms with Crippen LogP contribution in [0.3, 0.4) is 0 Å². The molecule has 7 nitrogen and oxygen atoms in total. The number of fused-ring (bicyclic) bond motifs is 2. The van der Waals surface area contributed by atoms with Gasteiger partial charge in [0, 0.05) is 46.0 Å². The molecule has 2 aliphatic heterocycles. The zero-order chi connectivity index (χ0) is 24.7. The van der Waals surface area contributed by atoms with Crippen molar-refractivity contribution < 1.29 is 18.8 Å². The lowest BCUT2D eigenvalue weighted by molar-refractivity contribution is -0.145. The maximum atomic E-state index is 13.8. The van der Waals surface area contributed by atoms with Crippen LogP contribution in [0, 0.1) is 0 Å². The summed E-state index contributed by atoms with van der Waals surface area (Å²) in [5, 5.41) is 0.848. The molecule has 0 saturated heterocycles. The molecule has 3 amide bonds. The maximum absolute atomic E-state index is 13.8. The van der Waals surface area contributed by atoms with Gasteiger partial charge in [-0.1, -0.05) is 36.4 Å². The van der Waals surface area contributed by atoms with Crippen LogP contribution in [0.15, 0.2) is 59.0 Å². The molecule has 0 radical (unpaired) electrons. The van der Waals surface area contributed by atoms with Gasteiger partial charge in [-0.2, -0.15) is 0 Å². The normalized spacial score (nSPS) is 17.7. The second-order valence-corrected chi connectivity index (χ2v) is 9.40. The first-order valence-corrected chi connectivity index (χ1v) is 11.9. The number of rotatable bonds is 3. The summed E-state index contributed by atoms with van der Waals surface area (Å²) in [7, 11) is 3.38. The van der Waals surface area contributed by atoms with Gasteiger partial charge in [-0.25, -0.2) is 0 Å². The molecule has 0 unspecified atom stereocenters. The summed E-state index contributed by atoms with van der Waals surface area (Å²) in [6.45, 7) is 3.16. The molecule has 0 saturated carbocycles. The van der Waals surface area contributed by atoms with Crippen molar-refractivity contribution in [2.24, 2.45) is 0 Å². The lowest BCUT2D eigenvalue weighted by Crippen LogP contribution is -2.49. The van der Waals surface area contributed by atoms with Crippen LogP contribution in [0.2, 0.25) is 0 Å². The van der Waals surface area contributed by atoms with Crippen LogP contribution in [-0.4, -0.2) is 66.2 Å². The van der Waals surface area contributed by atoms with E-state index in [4.69, 9.17) is 4.42 Å². The predicted molar refractivity (Wildman–Crippen MR) is 134 cm³/mol. The van der Waals surface area contributed by atoms with Crippen molar-refractivity contribution in [1.82, 2.24) is 14.7 Å². The van der Waals surface area contributed by atoms with Crippen LogP contribution in [0.5, 0.6) is 0 Å². The molecular formula is C28H29N3O4. The van der Waals surface area contributed by atoms with Gasteiger partial charge in [0.2, 0.25) is 11.8 Å². The first-order chi connectivity index (χ1) is 16.8. The van der Waals surface area contributed by atoms with Crippen LogP contribution in [-0.2, 0) is 16.0 Å². The summed E-state index contributed by atoms with van der Waals surface area (Å²) >= 11 is 0. The fraction of sp³-hybridized carbons (Fsp3) is 0.321. The zero-order valence-corrected chi connectivity index (χ0v) is 20.3. The largest absolute Gasteiger partial charge is 0.451 e. The molecule has 180 valence electrons. The minimum atomic E-state index is -0.590. The molecule has 3 heterocycles. The fourth-order valence-corrected chi connectivity index (χ4v) is 5.06. The van der Waals surface area contributed by atoms with Crippen LogP contribution in [0.4, 0.5) is 0 Å². The van der Waals surface area contributed by atoms with Crippen molar-refractivity contribution >= 4 is 34.3 Å². The topological polar surface area (TPSA) is 74.1 Å². The van der Waals surface area contributed by atoms with Crippen molar-refractivity contribution in [3.8, 4) is 0 Å². The van der Waals surface area contributed by atoms with E-state index in [-0.39, 0.29) is 17.7 Å². The Balaban J connectivity index is 1.41. The van der Waals surface area contributed by atoms with Gasteiger partial charge < -0.3 is 19.1 Å². The van der Waals surface area contributed by atoms with Crippen LogP contribution < -0.4 is 0 Å². The molecule has 2 aromatic carbocycles. The SMILES string of the molecule is CC(=O)N1CCc2ccccc2[C@H]1C(=O)N1CCC=C(c2ccc3oc(C(=O)N(C)C)cc3c2)C1. The van der Waals surface area contributed by atoms with Crippen LogP contribution in [0.1, 0.15) is 46.6 Å². The summed E-state index contributed by atoms with van der Waals surface area (Å²) in [6, 6.07) is 14.9. The summed E-state index contributed by atoms with van der Waals surface area (Å²) in [5.41, 5.74) is 4.75. The van der Waals surface area contributed by atoms with E-state index in [1.165, 1.54) is 11.8 Å². The van der Waals surface area contributed by atoms with Gasteiger partial charge in [-0.05, 0) is 53.3 Å². The smallest absolute Gasteiger partial charge is 0.289 e. The van der Waals surface area contributed by atoms with Gasteiger partial charge in [0.05, 0.1) is 0 Å². The molecule has 2 aliphatic rings. The van der Waals surface area contributed by atoms with Crippen molar-refractivity contribution in [3.63, 3.8) is 0 Å². The number of nitrogens with zero attached hydrogens (tertiary/aromatic N) is 3. The zero-order valence-electron chi connectivity index (χ0n) is 20.3. The Kier molecular flexibility index (Phi) is 5.93. The Morgan fingerprint density at radius 1 is 1.03 bits per heavy atom. The van der Waals surface area contributed by atoms with E-state index >= 15 is 0 Å². The Hall–Kier alpha value is -3.87. The van der Waals surface area contributed by atoms with E-state index in [0.717, 1.165) is 40.5 Å². The van der Waals surface area contributed by atoms with Crippen molar-refractivity contribution in [2.75, 3.05) is 33.7 Å². The van der Waals surface area contributed by atoms with Gasteiger partial charge in [-0.15, -0.1) is 0 Å². The number of carbonyl (C=O) groups is 3. The molecular weight excluding hydrogens is 442 g/mol. The Morgan fingerprint density at radius 2 is 1.83 bits per heavy atom. The highest BCUT2D eigenvalue weighted by Crippen LogP contribution is 2.33. The van der Waals surface area contributed by atoms with Crippen molar-refractivity contribution in [3.05, 3.63) is 77.1 Å².